The van der Waals surface area contributed by atoms with E-state index in [1.165, 1.54) is 6.07 Å². The van der Waals surface area contributed by atoms with Crippen LogP contribution in [0.5, 0.6) is 0 Å². The number of halogens is 2. The van der Waals surface area contributed by atoms with Gasteiger partial charge in [0, 0.05) is 75.4 Å². The number of amides is 1. The first-order chi connectivity index (χ1) is 14.8. The number of pyridine rings is 2. The lowest BCUT2D eigenvalue weighted by Gasteiger charge is -2.22. The molecule has 31 heavy (non-hydrogen) atoms. The number of carbonyl (C=O) groups excluding carboxylic acids is 1. The summed E-state index contributed by atoms with van der Waals surface area (Å²) in [4.78, 5) is 22.5. The van der Waals surface area contributed by atoms with Crippen molar-refractivity contribution >= 4 is 17.3 Å². The Morgan fingerprint density at radius 3 is 2.61 bits per heavy atom. The van der Waals surface area contributed by atoms with Crippen molar-refractivity contribution in [2.24, 2.45) is 0 Å². The van der Waals surface area contributed by atoms with Gasteiger partial charge in [-0.15, -0.1) is 0 Å². The molecule has 0 unspecified atom stereocenters. The second-order valence-electron chi connectivity index (χ2n) is 7.62. The zero-order valence-corrected chi connectivity index (χ0v) is 17.8. The van der Waals surface area contributed by atoms with Gasteiger partial charge in [0.25, 0.3) is 0 Å². The number of benzene rings is 1. The summed E-state index contributed by atoms with van der Waals surface area (Å²) >= 11 is 0. The van der Waals surface area contributed by atoms with Crippen molar-refractivity contribution < 1.29 is 13.6 Å². The van der Waals surface area contributed by atoms with Gasteiger partial charge in [0.15, 0.2) is 11.6 Å². The van der Waals surface area contributed by atoms with Crippen LogP contribution in [0.15, 0.2) is 30.6 Å². The first-order valence-corrected chi connectivity index (χ1v) is 9.89. The number of carbonyl (C=O) groups is 1. The van der Waals surface area contributed by atoms with E-state index in [1.54, 1.807) is 26.5 Å². The molecule has 1 amide bonds. The number of hydrogen-bond acceptors (Lipinski definition) is 5. The monoisotopic (exact) mass is 423 g/mol. The molecule has 0 saturated heterocycles. The van der Waals surface area contributed by atoms with Crippen LogP contribution in [0, 0.1) is 11.6 Å². The van der Waals surface area contributed by atoms with E-state index in [0.717, 1.165) is 16.8 Å². The first kappa shape index (κ1) is 20.7. The minimum atomic E-state index is -0.900. The highest BCUT2D eigenvalue weighted by molar-refractivity contribution is 5.96. The van der Waals surface area contributed by atoms with Crippen LogP contribution in [0.3, 0.4) is 0 Å². The minimum absolute atomic E-state index is 0.143. The molecule has 0 saturated carbocycles. The predicted octanol–water partition coefficient (Wildman–Crippen LogP) is 3.39. The Kier molecular flexibility index (Phi) is 5.31. The average Bonchev–Trinajstić information content (AvgIpc) is 3.15. The number of hydrogen-bond donors (Lipinski definition) is 2. The van der Waals surface area contributed by atoms with Crippen LogP contribution in [-0.2, 0) is 17.6 Å². The number of rotatable bonds is 5. The lowest BCUT2D eigenvalue weighted by molar-refractivity contribution is -0.120. The maximum absolute atomic E-state index is 15.0. The SMILES string of the molecule is CNC(=O)Cc1cc(-c2cnc3c(c2N(C)C)-c2c(F)c(F)cc(NC)c2C3)ccn1. The number of nitrogens with one attached hydrogen (secondary N) is 2. The summed E-state index contributed by atoms with van der Waals surface area (Å²) in [5, 5.41) is 5.55. The van der Waals surface area contributed by atoms with Gasteiger partial charge in [0.2, 0.25) is 5.91 Å². The summed E-state index contributed by atoms with van der Waals surface area (Å²) in [7, 11) is 6.98. The molecule has 1 aromatic carbocycles. The van der Waals surface area contributed by atoms with E-state index in [4.69, 9.17) is 0 Å². The zero-order valence-electron chi connectivity index (χ0n) is 17.8. The molecule has 2 heterocycles. The van der Waals surface area contributed by atoms with Gasteiger partial charge in [0.05, 0.1) is 23.5 Å². The molecule has 0 atom stereocenters. The van der Waals surface area contributed by atoms with Crippen molar-refractivity contribution in [2.75, 3.05) is 38.4 Å². The quantitative estimate of drug-likeness (QED) is 0.515. The fourth-order valence-electron chi connectivity index (χ4n) is 4.11. The van der Waals surface area contributed by atoms with Gasteiger partial charge < -0.3 is 15.5 Å². The van der Waals surface area contributed by atoms with Crippen molar-refractivity contribution in [1.82, 2.24) is 15.3 Å². The highest BCUT2D eigenvalue weighted by Gasteiger charge is 2.32. The molecule has 0 spiro atoms. The molecule has 160 valence electrons. The van der Waals surface area contributed by atoms with Gasteiger partial charge in [-0.05, 0) is 23.3 Å². The molecular weight excluding hydrogens is 400 g/mol. The molecule has 0 bridgehead atoms. The van der Waals surface area contributed by atoms with Gasteiger partial charge in [-0.2, -0.15) is 0 Å². The van der Waals surface area contributed by atoms with Crippen LogP contribution < -0.4 is 15.5 Å². The Morgan fingerprint density at radius 1 is 1.16 bits per heavy atom. The maximum Gasteiger partial charge on any atom is 0.225 e. The van der Waals surface area contributed by atoms with E-state index in [1.807, 2.05) is 31.1 Å². The molecule has 0 radical (unpaired) electrons. The van der Waals surface area contributed by atoms with Crippen molar-refractivity contribution in [2.45, 2.75) is 12.8 Å². The number of aromatic nitrogens is 2. The van der Waals surface area contributed by atoms with E-state index >= 15 is 4.39 Å². The van der Waals surface area contributed by atoms with Gasteiger partial charge in [-0.1, -0.05) is 0 Å². The topological polar surface area (TPSA) is 70.2 Å². The van der Waals surface area contributed by atoms with Crippen molar-refractivity contribution in [3.05, 3.63) is 59.2 Å². The standard InChI is InChI=1S/C23H23F2N5O/c1-26-17-10-16(24)22(25)20-14(17)9-18-21(20)23(30(3)4)15(11-29-18)12-5-6-28-13(7-12)8-19(31)27-2/h5-7,10-11,26H,8-9H2,1-4H3,(H,27,31). The third-order valence-corrected chi connectivity index (χ3v) is 5.52. The normalized spacial score (nSPS) is 11.7. The third-order valence-electron chi connectivity index (χ3n) is 5.52. The van der Waals surface area contributed by atoms with E-state index in [0.29, 0.717) is 34.6 Å². The zero-order chi connectivity index (χ0) is 22.3. The van der Waals surface area contributed by atoms with E-state index in [2.05, 4.69) is 20.6 Å². The molecule has 1 aliphatic rings. The highest BCUT2D eigenvalue weighted by Crippen LogP contribution is 2.49. The molecular formula is C23H23F2N5O. The van der Waals surface area contributed by atoms with Gasteiger partial charge >= 0.3 is 0 Å². The summed E-state index contributed by atoms with van der Waals surface area (Å²) in [5.41, 5.74) is 5.69. The van der Waals surface area contributed by atoms with Gasteiger partial charge in [0.1, 0.15) is 0 Å². The fourth-order valence-corrected chi connectivity index (χ4v) is 4.11. The lowest BCUT2D eigenvalue weighted by Crippen LogP contribution is -2.20. The Balaban J connectivity index is 1.94. The summed E-state index contributed by atoms with van der Waals surface area (Å²) in [6.45, 7) is 0. The summed E-state index contributed by atoms with van der Waals surface area (Å²) in [6.07, 6.45) is 3.94. The highest BCUT2D eigenvalue weighted by atomic mass is 19.2. The second-order valence-corrected chi connectivity index (χ2v) is 7.62. The fraction of sp³-hybridized carbons (Fsp3) is 0.261. The number of anilines is 2. The molecule has 8 heteroatoms. The molecule has 3 aromatic rings. The van der Waals surface area contributed by atoms with E-state index < -0.39 is 11.6 Å². The smallest absolute Gasteiger partial charge is 0.225 e. The van der Waals surface area contributed by atoms with Crippen LogP contribution >= 0.6 is 0 Å². The first-order valence-electron chi connectivity index (χ1n) is 9.89. The number of fused-ring (bicyclic) bond motifs is 3. The van der Waals surface area contributed by atoms with Crippen LogP contribution in [0.25, 0.3) is 22.3 Å². The molecule has 4 rings (SSSR count). The molecule has 2 aromatic heterocycles. The van der Waals surface area contributed by atoms with Crippen LogP contribution in [0.2, 0.25) is 0 Å². The average molecular weight is 423 g/mol. The van der Waals surface area contributed by atoms with Crippen molar-refractivity contribution in [3.8, 4) is 22.3 Å². The molecule has 1 aliphatic carbocycles. The minimum Gasteiger partial charge on any atom is -0.388 e. The van der Waals surface area contributed by atoms with Gasteiger partial charge in [-0.25, -0.2) is 8.78 Å². The molecule has 0 fully saturated rings. The number of nitrogens with zero attached hydrogens (tertiary/aromatic N) is 3. The summed E-state index contributed by atoms with van der Waals surface area (Å²) in [6, 6.07) is 4.83. The molecule has 0 aliphatic heterocycles. The van der Waals surface area contributed by atoms with Crippen LogP contribution in [0.4, 0.5) is 20.2 Å². The number of likely N-dealkylation sites (N-methyl/N-ethyl adjacent to an activating group) is 1. The van der Waals surface area contributed by atoms with E-state index in [-0.39, 0.29) is 17.9 Å². The molecule has 6 nitrogen and oxygen atoms in total. The largest absolute Gasteiger partial charge is 0.388 e. The third kappa shape index (κ3) is 3.48. The molecule has 2 N–H and O–H groups in total. The van der Waals surface area contributed by atoms with E-state index in [9.17, 15) is 9.18 Å². The lowest BCUT2D eigenvalue weighted by atomic mass is 9.97. The van der Waals surface area contributed by atoms with Crippen LogP contribution in [0.1, 0.15) is 17.0 Å². The Hall–Kier alpha value is -3.55. The Bertz CT molecular complexity index is 1190. The Morgan fingerprint density at radius 2 is 1.94 bits per heavy atom. The van der Waals surface area contributed by atoms with Crippen molar-refractivity contribution in [3.63, 3.8) is 0 Å². The maximum atomic E-state index is 15.0. The predicted molar refractivity (Wildman–Crippen MR) is 117 cm³/mol. The van der Waals surface area contributed by atoms with Gasteiger partial charge in [-0.3, -0.25) is 14.8 Å². The van der Waals surface area contributed by atoms with Crippen molar-refractivity contribution in [1.29, 1.82) is 0 Å². The summed E-state index contributed by atoms with van der Waals surface area (Å²) in [5.74, 6) is -1.91. The Labute approximate surface area is 179 Å². The summed E-state index contributed by atoms with van der Waals surface area (Å²) < 4.78 is 29.4. The van der Waals surface area contributed by atoms with Crippen LogP contribution in [-0.4, -0.2) is 44.1 Å². The second kappa shape index (κ2) is 7.94.